The summed E-state index contributed by atoms with van der Waals surface area (Å²) in [6.07, 6.45) is 4.58. The van der Waals surface area contributed by atoms with Crippen molar-refractivity contribution in [1.82, 2.24) is 15.2 Å². The summed E-state index contributed by atoms with van der Waals surface area (Å²) in [7, 11) is 0. The minimum atomic E-state index is -0.0436. The maximum Gasteiger partial charge on any atom is 0.226 e. The first-order valence-electron chi connectivity index (χ1n) is 5.23. The second-order valence-corrected chi connectivity index (χ2v) is 4.71. The van der Waals surface area contributed by atoms with Gasteiger partial charge in [0, 0.05) is 18.8 Å². The molecule has 2 aromatic heterocycles. The number of anilines is 1. The van der Waals surface area contributed by atoms with Gasteiger partial charge in [-0.05, 0) is 31.0 Å². The lowest BCUT2D eigenvalue weighted by Crippen LogP contribution is -2.12. The highest BCUT2D eigenvalue weighted by molar-refractivity contribution is 7.15. The molecule has 1 N–H and O–H groups in total. The van der Waals surface area contributed by atoms with Gasteiger partial charge in [0.05, 0.1) is 0 Å². The molecule has 0 spiro atoms. The average molecular weight is 248 g/mol. The molecule has 0 radical (unpaired) electrons. The van der Waals surface area contributed by atoms with Crippen LogP contribution in [0, 0.1) is 6.92 Å². The molecule has 0 saturated carbocycles. The number of hydrogen-bond acceptors (Lipinski definition) is 5. The van der Waals surface area contributed by atoms with Crippen molar-refractivity contribution in [3.63, 3.8) is 0 Å². The molecule has 0 aliphatic heterocycles. The molecule has 0 fully saturated rings. The van der Waals surface area contributed by atoms with Crippen molar-refractivity contribution < 1.29 is 4.79 Å². The minimum Gasteiger partial charge on any atom is -0.301 e. The molecule has 0 aromatic carbocycles. The van der Waals surface area contributed by atoms with E-state index in [-0.39, 0.29) is 5.91 Å². The Labute approximate surface area is 103 Å². The number of nitrogens with one attached hydrogen (secondary N) is 1. The van der Waals surface area contributed by atoms with Crippen molar-refractivity contribution in [2.45, 2.75) is 19.8 Å². The van der Waals surface area contributed by atoms with Crippen molar-refractivity contribution in [2.75, 3.05) is 5.32 Å². The third-order valence-corrected chi connectivity index (χ3v) is 2.92. The zero-order chi connectivity index (χ0) is 12.1. The van der Waals surface area contributed by atoms with Crippen molar-refractivity contribution >= 4 is 22.4 Å². The maximum atomic E-state index is 11.6. The highest BCUT2D eigenvalue weighted by Gasteiger charge is 2.06. The summed E-state index contributed by atoms with van der Waals surface area (Å²) in [5, 5.41) is 11.8. The van der Waals surface area contributed by atoms with E-state index in [9.17, 15) is 4.79 Å². The number of amides is 1. The van der Waals surface area contributed by atoms with Crippen molar-refractivity contribution in [3.8, 4) is 0 Å². The first kappa shape index (κ1) is 11.7. The summed E-state index contributed by atoms with van der Waals surface area (Å²) in [5.74, 6) is -0.0436. The Morgan fingerprint density at radius 3 is 2.76 bits per heavy atom. The molecule has 17 heavy (non-hydrogen) atoms. The smallest absolute Gasteiger partial charge is 0.226 e. The van der Waals surface area contributed by atoms with Gasteiger partial charge in [0.1, 0.15) is 5.01 Å². The van der Waals surface area contributed by atoms with Crippen molar-refractivity contribution in [1.29, 1.82) is 0 Å². The topological polar surface area (TPSA) is 67.8 Å². The van der Waals surface area contributed by atoms with Gasteiger partial charge in [-0.2, -0.15) is 0 Å². The molecular weight excluding hydrogens is 236 g/mol. The SMILES string of the molecule is Cc1nnc(NC(=O)CCc2ccncc2)s1. The van der Waals surface area contributed by atoms with Gasteiger partial charge in [-0.15, -0.1) is 10.2 Å². The van der Waals surface area contributed by atoms with E-state index in [0.717, 1.165) is 10.6 Å². The molecule has 88 valence electrons. The second-order valence-electron chi connectivity index (χ2n) is 3.53. The second kappa shape index (κ2) is 5.49. The molecule has 2 aromatic rings. The van der Waals surface area contributed by atoms with Gasteiger partial charge in [-0.3, -0.25) is 9.78 Å². The molecule has 0 atom stereocenters. The van der Waals surface area contributed by atoms with E-state index < -0.39 is 0 Å². The van der Waals surface area contributed by atoms with Gasteiger partial charge in [-0.1, -0.05) is 11.3 Å². The Morgan fingerprint density at radius 1 is 1.35 bits per heavy atom. The lowest BCUT2D eigenvalue weighted by molar-refractivity contribution is -0.116. The van der Waals surface area contributed by atoms with Gasteiger partial charge in [0.15, 0.2) is 0 Å². The van der Waals surface area contributed by atoms with Crippen LogP contribution >= 0.6 is 11.3 Å². The minimum absolute atomic E-state index is 0.0436. The average Bonchev–Trinajstić information content (AvgIpc) is 2.73. The summed E-state index contributed by atoms with van der Waals surface area (Å²) < 4.78 is 0. The highest BCUT2D eigenvalue weighted by atomic mass is 32.1. The lowest BCUT2D eigenvalue weighted by atomic mass is 10.1. The van der Waals surface area contributed by atoms with Gasteiger partial charge in [0.2, 0.25) is 11.0 Å². The lowest BCUT2D eigenvalue weighted by Gasteiger charge is -2.01. The fraction of sp³-hybridized carbons (Fsp3) is 0.273. The van der Waals surface area contributed by atoms with Crippen LogP contribution in [0.5, 0.6) is 0 Å². The van der Waals surface area contributed by atoms with E-state index in [1.54, 1.807) is 12.4 Å². The molecular formula is C11H12N4OS. The highest BCUT2D eigenvalue weighted by Crippen LogP contribution is 2.14. The molecule has 1 amide bonds. The number of aromatic nitrogens is 3. The zero-order valence-electron chi connectivity index (χ0n) is 9.38. The summed E-state index contributed by atoms with van der Waals surface area (Å²) >= 11 is 1.37. The largest absolute Gasteiger partial charge is 0.301 e. The van der Waals surface area contributed by atoms with E-state index >= 15 is 0 Å². The summed E-state index contributed by atoms with van der Waals surface area (Å²) in [4.78, 5) is 15.5. The maximum absolute atomic E-state index is 11.6. The first-order valence-corrected chi connectivity index (χ1v) is 6.04. The Balaban J connectivity index is 1.82. The number of hydrogen-bond donors (Lipinski definition) is 1. The van der Waals surface area contributed by atoms with Crippen LogP contribution in [0.2, 0.25) is 0 Å². The van der Waals surface area contributed by atoms with E-state index in [2.05, 4.69) is 20.5 Å². The first-order chi connectivity index (χ1) is 8.24. The summed E-state index contributed by atoms with van der Waals surface area (Å²) in [5.41, 5.74) is 1.10. The Hall–Kier alpha value is -1.82. The Kier molecular flexibility index (Phi) is 3.77. The van der Waals surface area contributed by atoms with Crippen LogP contribution < -0.4 is 5.32 Å². The number of nitrogens with zero attached hydrogens (tertiary/aromatic N) is 3. The molecule has 0 aliphatic rings. The fourth-order valence-corrected chi connectivity index (χ4v) is 1.94. The van der Waals surface area contributed by atoms with Gasteiger partial charge in [-0.25, -0.2) is 0 Å². The third-order valence-electron chi connectivity index (χ3n) is 2.16. The molecule has 5 nitrogen and oxygen atoms in total. The molecule has 6 heteroatoms. The summed E-state index contributed by atoms with van der Waals surface area (Å²) in [6.45, 7) is 1.85. The van der Waals surface area contributed by atoms with Crippen molar-refractivity contribution in [3.05, 3.63) is 35.1 Å². The van der Waals surface area contributed by atoms with E-state index in [4.69, 9.17) is 0 Å². The van der Waals surface area contributed by atoms with Crippen LogP contribution in [0.3, 0.4) is 0 Å². The van der Waals surface area contributed by atoms with Gasteiger partial charge < -0.3 is 5.32 Å². The molecule has 0 saturated heterocycles. The fourth-order valence-electron chi connectivity index (χ4n) is 1.34. The number of aryl methyl sites for hydroxylation is 2. The molecule has 0 bridgehead atoms. The van der Waals surface area contributed by atoms with Crippen LogP contribution in [0.15, 0.2) is 24.5 Å². The van der Waals surface area contributed by atoms with Crippen LogP contribution in [-0.2, 0) is 11.2 Å². The van der Waals surface area contributed by atoms with E-state index in [0.29, 0.717) is 18.0 Å². The standard InChI is InChI=1S/C11H12N4OS/c1-8-14-15-11(17-8)13-10(16)3-2-9-4-6-12-7-5-9/h4-7H,2-3H2,1H3,(H,13,15,16). The molecule has 0 aliphatic carbocycles. The molecule has 2 rings (SSSR count). The predicted octanol–water partition coefficient (Wildman–Crippen LogP) is 1.81. The van der Waals surface area contributed by atoms with Crippen molar-refractivity contribution in [2.24, 2.45) is 0 Å². The normalized spacial score (nSPS) is 10.2. The predicted molar refractivity (Wildman–Crippen MR) is 65.8 cm³/mol. The van der Waals surface area contributed by atoms with E-state index in [1.165, 1.54) is 11.3 Å². The monoisotopic (exact) mass is 248 g/mol. The number of carbonyl (C=O) groups is 1. The molecule has 2 heterocycles. The zero-order valence-corrected chi connectivity index (χ0v) is 10.2. The summed E-state index contributed by atoms with van der Waals surface area (Å²) in [6, 6.07) is 3.81. The van der Waals surface area contributed by atoms with Gasteiger partial charge >= 0.3 is 0 Å². The van der Waals surface area contributed by atoms with E-state index in [1.807, 2.05) is 19.1 Å². The van der Waals surface area contributed by atoms with Crippen LogP contribution in [0.4, 0.5) is 5.13 Å². The number of carbonyl (C=O) groups excluding carboxylic acids is 1. The van der Waals surface area contributed by atoms with Gasteiger partial charge in [0.25, 0.3) is 0 Å². The Morgan fingerprint density at radius 2 is 2.12 bits per heavy atom. The van der Waals surface area contributed by atoms with Crippen LogP contribution in [-0.4, -0.2) is 21.1 Å². The number of rotatable bonds is 4. The van der Waals surface area contributed by atoms with Crippen LogP contribution in [0.25, 0.3) is 0 Å². The molecule has 0 unspecified atom stereocenters. The Bertz CT molecular complexity index is 497. The number of pyridine rings is 1. The third kappa shape index (κ3) is 3.60. The quantitative estimate of drug-likeness (QED) is 0.896. The van der Waals surface area contributed by atoms with Crippen LogP contribution in [0.1, 0.15) is 17.0 Å².